The Morgan fingerprint density at radius 1 is 0.980 bits per heavy atom. The van der Waals surface area contributed by atoms with Gasteiger partial charge in [-0.25, -0.2) is 32.1 Å². The van der Waals surface area contributed by atoms with E-state index in [-0.39, 0.29) is 35.3 Å². The van der Waals surface area contributed by atoms with Crippen molar-refractivity contribution in [2.45, 2.75) is 57.2 Å². The van der Waals surface area contributed by atoms with E-state index < -0.39 is 10.0 Å². The van der Waals surface area contributed by atoms with Gasteiger partial charge in [-0.2, -0.15) is 0 Å². The summed E-state index contributed by atoms with van der Waals surface area (Å²) in [5, 5.41) is 7.97. The molecule has 12 nitrogen and oxygen atoms in total. The van der Waals surface area contributed by atoms with Crippen LogP contribution in [0.1, 0.15) is 36.6 Å². The Morgan fingerprint density at radius 2 is 1.73 bits per heavy atom. The number of pyridine rings is 1. The monoisotopic (exact) mass is 677 g/mol. The summed E-state index contributed by atoms with van der Waals surface area (Å²) < 4.78 is 40.0. The number of aryl methyl sites for hydroxylation is 2. The molecule has 2 aromatic carbocycles. The normalized spacial score (nSPS) is 16.5. The van der Waals surface area contributed by atoms with Crippen molar-refractivity contribution in [2.24, 2.45) is 0 Å². The molecule has 49 heavy (non-hydrogen) atoms. The van der Waals surface area contributed by atoms with Gasteiger partial charge in [-0.1, -0.05) is 53.7 Å². The van der Waals surface area contributed by atoms with E-state index in [0.29, 0.717) is 46.1 Å². The number of aromatic nitrogens is 5. The van der Waals surface area contributed by atoms with Gasteiger partial charge < -0.3 is 19.5 Å². The first kappa shape index (κ1) is 32.0. The Balaban J connectivity index is 1.21. The van der Waals surface area contributed by atoms with E-state index in [4.69, 9.17) is 19.2 Å². The Bertz CT molecular complexity index is 2240. The molecule has 1 amide bonds. The highest BCUT2D eigenvalue weighted by atomic mass is 32.2. The molecule has 1 N–H and O–H groups in total. The second kappa shape index (κ2) is 13.2. The summed E-state index contributed by atoms with van der Waals surface area (Å²) in [7, 11) is -4.03. The van der Waals surface area contributed by atoms with Gasteiger partial charge in [0.05, 0.1) is 27.5 Å². The number of carbonyl (C=O) groups is 1. The molecule has 1 aliphatic heterocycles. The molecule has 0 unspecified atom stereocenters. The van der Waals surface area contributed by atoms with E-state index in [1.54, 1.807) is 54.5 Å². The van der Waals surface area contributed by atoms with Gasteiger partial charge in [0.25, 0.3) is 10.0 Å². The zero-order valence-corrected chi connectivity index (χ0v) is 28.1. The first-order valence-corrected chi connectivity index (χ1v) is 17.4. The minimum absolute atomic E-state index is 0.0209. The molecular weight excluding hydrogens is 643 g/mol. The summed E-state index contributed by atoms with van der Waals surface area (Å²) in [6.07, 6.45) is 5.98. The number of ether oxygens (including phenoxy) is 1. The SMILES string of the molecule is Cc1cnc(N[C@H]2CC[C@H](C)N(C(=O)OCc3ccccc3)C2)nc1-c1cn(S(=O)(=O)c2ccccc2)c2nc(-c3conc3C)ccc12. The van der Waals surface area contributed by atoms with Crippen molar-refractivity contribution in [2.75, 3.05) is 11.9 Å². The summed E-state index contributed by atoms with van der Waals surface area (Å²) in [5.74, 6) is 0.370. The van der Waals surface area contributed by atoms with Gasteiger partial charge in [0, 0.05) is 42.0 Å². The molecule has 0 radical (unpaired) electrons. The number of fused-ring (bicyclic) bond motifs is 1. The van der Waals surface area contributed by atoms with Crippen molar-refractivity contribution in [3.63, 3.8) is 0 Å². The smallest absolute Gasteiger partial charge is 0.410 e. The largest absolute Gasteiger partial charge is 0.445 e. The predicted molar refractivity (Wildman–Crippen MR) is 184 cm³/mol. The van der Waals surface area contributed by atoms with E-state index in [1.807, 2.05) is 56.3 Å². The average Bonchev–Trinajstić information content (AvgIpc) is 3.73. The number of carbonyl (C=O) groups excluding carboxylic acids is 1. The Hall–Kier alpha value is -5.56. The van der Waals surface area contributed by atoms with Gasteiger partial charge in [0.2, 0.25) is 5.95 Å². The zero-order chi connectivity index (χ0) is 34.1. The summed E-state index contributed by atoms with van der Waals surface area (Å²) in [4.78, 5) is 29.2. The molecule has 2 atom stereocenters. The van der Waals surface area contributed by atoms with Crippen LogP contribution in [0.2, 0.25) is 0 Å². The molecule has 1 aliphatic rings. The first-order chi connectivity index (χ1) is 23.7. The number of anilines is 1. The maximum Gasteiger partial charge on any atom is 0.410 e. The zero-order valence-electron chi connectivity index (χ0n) is 27.3. The number of hydrogen-bond acceptors (Lipinski definition) is 10. The first-order valence-electron chi connectivity index (χ1n) is 16.0. The molecule has 6 aromatic rings. The molecule has 0 bridgehead atoms. The highest BCUT2D eigenvalue weighted by molar-refractivity contribution is 7.90. The second-order valence-electron chi connectivity index (χ2n) is 12.2. The van der Waals surface area contributed by atoms with Gasteiger partial charge in [-0.15, -0.1) is 0 Å². The summed E-state index contributed by atoms with van der Waals surface area (Å²) >= 11 is 0. The van der Waals surface area contributed by atoms with E-state index in [0.717, 1.165) is 24.0 Å². The molecule has 4 aromatic heterocycles. The molecule has 0 aliphatic carbocycles. The lowest BCUT2D eigenvalue weighted by molar-refractivity contribution is 0.0695. The Labute approximate surface area is 283 Å². The van der Waals surface area contributed by atoms with Crippen LogP contribution in [0.4, 0.5) is 10.7 Å². The summed E-state index contributed by atoms with van der Waals surface area (Å²) in [6.45, 7) is 6.32. The minimum Gasteiger partial charge on any atom is -0.445 e. The maximum absolute atomic E-state index is 14.0. The lowest BCUT2D eigenvalue weighted by atomic mass is 10.00. The lowest BCUT2D eigenvalue weighted by Gasteiger charge is -2.37. The van der Waals surface area contributed by atoms with Crippen LogP contribution in [-0.2, 0) is 21.4 Å². The van der Waals surface area contributed by atoms with Crippen molar-refractivity contribution in [1.82, 2.24) is 29.0 Å². The standard InChI is InChI=1S/C36H35N7O5S/c1-23-18-37-35(38-27-15-14-24(2)42(19-27)36(44)47-21-26-10-6-4-7-11-26)40-33(23)30-20-43(49(45,46)28-12-8-5-9-13-28)34-29(30)16-17-32(39-34)31-22-48-41-25(31)3/h4-13,16-18,20,22,24,27H,14-15,19,21H2,1-3H3,(H,37,38,40)/t24-,27-/m0/s1. The van der Waals surface area contributed by atoms with Crippen molar-refractivity contribution in [1.29, 1.82) is 0 Å². The van der Waals surface area contributed by atoms with E-state index in [2.05, 4.69) is 15.5 Å². The number of hydrogen-bond donors (Lipinski definition) is 1. The van der Waals surface area contributed by atoms with Crippen molar-refractivity contribution < 1.29 is 22.5 Å². The summed E-state index contributed by atoms with van der Waals surface area (Å²) in [5.41, 5.74) is 4.90. The number of rotatable bonds is 8. The van der Waals surface area contributed by atoms with Gasteiger partial charge in [-0.05, 0) is 69.0 Å². The van der Waals surface area contributed by atoms with E-state index in [9.17, 15) is 13.2 Å². The fourth-order valence-corrected chi connectivity index (χ4v) is 7.43. The third-order valence-electron chi connectivity index (χ3n) is 8.83. The van der Waals surface area contributed by atoms with E-state index >= 15 is 0 Å². The number of piperidine rings is 1. The van der Waals surface area contributed by atoms with Crippen LogP contribution in [-0.4, -0.2) is 62.1 Å². The minimum atomic E-state index is -4.03. The molecule has 1 fully saturated rings. The summed E-state index contributed by atoms with van der Waals surface area (Å²) in [6, 6.07) is 21.4. The van der Waals surface area contributed by atoms with Gasteiger partial charge >= 0.3 is 6.09 Å². The lowest BCUT2D eigenvalue weighted by Crippen LogP contribution is -2.50. The average molecular weight is 678 g/mol. The van der Waals surface area contributed by atoms with Gasteiger partial charge in [0.1, 0.15) is 12.9 Å². The number of amides is 1. The molecule has 0 saturated carbocycles. The van der Waals surface area contributed by atoms with Crippen LogP contribution in [0.3, 0.4) is 0 Å². The highest BCUT2D eigenvalue weighted by Gasteiger charge is 2.31. The second-order valence-corrected chi connectivity index (χ2v) is 14.0. The maximum atomic E-state index is 14.0. The van der Waals surface area contributed by atoms with Crippen molar-refractivity contribution in [3.05, 3.63) is 108 Å². The van der Waals surface area contributed by atoms with Crippen LogP contribution in [0.25, 0.3) is 33.5 Å². The molecule has 1 saturated heterocycles. The van der Waals surface area contributed by atoms with Crippen LogP contribution >= 0.6 is 0 Å². The molecular formula is C36H35N7O5S. The van der Waals surface area contributed by atoms with Crippen LogP contribution < -0.4 is 5.32 Å². The van der Waals surface area contributed by atoms with Gasteiger partial charge in [-0.3, -0.25) is 0 Å². The molecule has 7 rings (SSSR count). The third kappa shape index (κ3) is 6.36. The molecule has 13 heteroatoms. The van der Waals surface area contributed by atoms with Crippen molar-refractivity contribution in [3.8, 4) is 22.5 Å². The van der Waals surface area contributed by atoms with Crippen molar-refractivity contribution >= 4 is 33.1 Å². The van der Waals surface area contributed by atoms with E-state index in [1.165, 1.54) is 10.2 Å². The fourth-order valence-electron chi connectivity index (χ4n) is 6.09. The van der Waals surface area contributed by atoms with Crippen LogP contribution in [0.15, 0.2) is 101 Å². The fraction of sp³-hybridized carbons (Fsp3) is 0.250. The van der Waals surface area contributed by atoms with Crippen LogP contribution in [0, 0.1) is 13.8 Å². The molecule has 250 valence electrons. The number of nitrogens with zero attached hydrogens (tertiary/aromatic N) is 6. The molecule has 0 spiro atoms. The number of nitrogens with one attached hydrogen (secondary N) is 1. The topological polar surface area (TPSA) is 145 Å². The van der Waals surface area contributed by atoms with Crippen LogP contribution in [0.5, 0.6) is 0 Å². The Morgan fingerprint density at radius 3 is 2.47 bits per heavy atom. The molecule has 5 heterocycles. The highest BCUT2D eigenvalue weighted by Crippen LogP contribution is 2.35. The quantitative estimate of drug-likeness (QED) is 0.187. The van der Waals surface area contributed by atoms with Gasteiger partial charge in [0.15, 0.2) is 5.65 Å². The Kier molecular flexibility index (Phi) is 8.59. The predicted octanol–water partition coefficient (Wildman–Crippen LogP) is 6.60. The third-order valence-corrected chi connectivity index (χ3v) is 10.5. The number of likely N-dealkylation sites (tertiary alicyclic amines) is 1. The number of benzene rings is 2.